The molecule has 3 rings (SSSR count). The number of anilines is 2. The number of hydrogen-bond donors (Lipinski definition) is 2. The molecule has 0 unspecified atom stereocenters. The van der Waals surface area contributed by atoms with Crippen molar-refractivity contribution in [3.05, 3.63) is 83.0 Å². The van der Waals surface area contributed by atoms with Gasteiger partial charge in [0, 0.05) is 25.1 Å². The van der Waals surface area contributed by atoms with Crippen LogP contribution in [0.3, 0.4) is 0 Å². The number of nitrogens with one attached hydrogen (secondary N) is 2. The number of hydrogen-bond acceptors (Lipinski definition) is 6. The molecule has 0 fully saturated rings. The summed E-state index contributed by atoms with van der Waals surface area (Å²) in [4.78, 5) is 15.3. The number of alkyl halides is 3. The Balaban J connectivity index is 1.81. The van der Waals surface area contributed by atoms with E-state index in [9.17, 15) is 26.4 Å². The first kappa shape index (κ1) is 28.0. The van der Waals surface area contributed by atoms with Crippen molar-refractivity contribution in [3.63, 3.8) is 0 Å². The van der Waals surface area contributed by atoms with E-state index in [1.807, 2.05) is 0 Å². The average Bonchev–Trinajstić information content (AvgIpc) is 2.81. The molecular weight excluding hydrogens is 535 g/mol. The van der Waals surface area contributed by atoms with Crippen LogP contribution in [0.4, 0.5) is 24.5 Å². The molecule has 1 aromatic heterocycles. The first-order valence-electron chi connectivity index (χ1n) is 10.5. The lowest BCUT2D eigenvalue weighted by Gasteiger charge is -2.15. The summed E-state index contributed by atoms with van der Waals surface area (Å²) in [7, 11) is -2.96. The molecule has 2 aromatic carbocycles. The summed E-state index contributed by atoms with van der Waals surface area (Å²) in [6, 6.07) is 9.84. The van der Waals surface area contributed by atoms with E-state index in [4.69, 9.17) is 21.1 Å². The van der Waals surface area contributed by atoms with Crippen LogP contribution < -0.4 is 14.8 Å². The molecule has 2 N–H and O–H groups in total. The lowest BCUT2D eigenvalue weighted by molar-refractivity contribution is -0.137. The lowest BCUT2D eigenvalue weighted by Crippen LogP contribution is -2.16. The Labute approximate surface area is 216 Å². The van der Waals surface area contributed by atoms with Crippen LogP contribution in [0.15, 0.2) is 71.8 Å². The predicted octanol–water partition coefficient (Wildman–Crippen LogP) is 5.80. The molecule has 0 aliphatic rings. The maximum Gasteiger partial charge on any atom is 0.417 e. The van der Waals surface area contributed by atoms with Crippen LogP contribution in [0.1, 0.15) is 11.1 Å². The zero-order chi connectivity index (χ0) is 27.2. The molecule has 1 heterocycles. The molecule has 0 bridgehead atoms. The minimum Gasteiger partial charge on any atom is -0.437 e. The molecule has 0 radical (unpaired) electrons. The minimum absolute atomic E-state index is 0.0934. The maximum absolute atomic E-state index is 13.2. The first-order chi connectivity index (χ1) is 17.4. The molecule has 0 aliphatic heterocycles. The highest BCUT2D eigenvalue weighted by Crippen LogP contribution is 2.37. The first-order valence-corrected chi connectivity index (χ1v) is 12.4. The molecule has 0 aliphatic carbocycles. The lowest BCUT2D eigenvalue weighted by atomic mass is 10.2. The number of benzene rings is 2. The second-order valence-corrected chi connectivity index (χ2v) is 9.67. The molecule has 8 nitrogen and oxygen atoms in total. The number of aryl methyl sites for hydroxylation is 1. The van der Waals surface area contributed by atoms with Gasteiger partial charge in [-0.05, 0) is 61.0 Å². The van der Waals surface area contributed by atoms with Gasteiger partial charge >= 0.3 is 6.18 Å². The Hall–Kier alpha value is -3.61. The van der Waals surface area contributed by atoms with Gasteiger partial charge in [0.2, 0.25) is 11.8 Å². The van der Waals surface area contributed by atoms with Gasteiger partial charge in [0.25, 0.3) is 10.0 Å². The molecule has 0 saturated heterocycles. The maximum atomic E-state index is 13.2. The average molecular weight is 556 g/mol. The number of methoxy groups -OCH3 is 1. The Morgan fingerprint density at radius 1 is 1.14 bits per heavy atom. The number of nitrogens with zero attached hydrogens (tertiary/aromatic N) is 1. The third-order valence-corrected chi connectivity index (χ3v) is 6.35. The number of aromatic nitrogens is 1. The summed E-state index contributed by atoms with van der Waals surface area (Å²) in [5, 5.41) is 2.02. The SMILES string of the molecule is COC/C=C/C(=O)Nc1ccc(Oc2ncc(C)cc2NS(=O)(=O)c2ccc(Cl)c(C(F)(F)F)c2)cc1. The third kappa shape index (κ3) is 7.68. The van der Waals surface area contributed by atoms with Gasteiger partial charge in [0.05, 0.1) is 22.1 Å². The van der Waals surface area contributed by atoms with E-state index in [1.54, 1.807) is 25.1 Å². The number of halogens is 4. The quantitative estimate of drug-likeness (QED) is 0.323. The fourth-order valence-electron chi connectivity index (χ4n) is 2.96. The summed E-state index contributed by atoms with van der Waals surface area (Å²) in [5.74, 6) is -0.243. The van der Waals surface area contributed by atoms with E-state index in [-0.39, 0.29) is 29.8 Å². The summed E-state index contributed by atoms with van der Waals surface area (Å²) in [6.07, 6.45) is -0.543. The van der Waals surface area contributed by atoms with Crippen molar-refractivity contribution >= 4 is 38.9 Å². The van der Waals surface area contributed by atoms with Crippen molar-refractivity contribution in [1.82, 2.24) is 4.98 Å². The minimum atomic E-state index is -4.84. The van der Waals surface area contributed by atoms with Gasteiger partial charge in [-0.2, -0.15) is 13.2 Å². The number of rotatable bonds is 9. The van der Waals surface area contributed by atoms with E-state index >= 15 is 0 Å². The number of pyridine rings is 1. The van der Waals surface area contributed by atoms with Crippen molar-refractivity contribution in [2.45, 2.75) is 18.0 Å². The zero-order valence-corrected chi connectivity index (χ0v) is 21.0. The van der Waals surface area contributed by atoms with Crippen molar-refractivity contribution in [3.8, 4) is 11.6 Å². The fraction of sp³-hybridized carbons (Fsp3) is 0.167. The number of ether oxygens (including phenoxy) is 2. The standard InChI is InChI=1S/C24H21ClF3N3O5S/c1-15-12-21(31-37(33,34)18-9-10-20(25)19(13-18)24(26,27)28)23(29-14-15)36-17-7-5-16(6-8-17)30-22(32)4-3-11-35-2/h3-10,12-14,31H,11H2,1-2H3,(H,30,32)/b4-3+. The molecule has 0 spiro atoms. The van der Waals surface area contributed by atoms with Crippen molar-refractivity contribution < 1.29 is 35.9 Å². The Morgan fingerprint density at radius 3 is 2.49 bits per heavy atom. The molecule has 13 heteroatoms. The Kier molecular flexibility index (Phi) is 8.79. The normalized spacial score (nSPS) is 11.9. The zero-order valence-electron chi connectivity index (χ0n) is 19.5. The van der Waals surface area contributed by atoms with Crippen LogP contribution >= 0.6 is 11.6 Å². The van der Waals surface area contributed by atoms with Crippen molar-refractivity contribution in [2.24, 2.45) is 0 Å². The topological polar surface area (TPSA) is 107 Å². The highest BCUT2D eigenvalue weighted by Gasteiger charge is 2.34. The smallest absolute Gasteiger partial charge is 0.417 e. The van der Waals surface area contributed by atoms with E-state index in [0.29, 0.717) is 17.3 Å². The third-order valence-electron chi connectivity index (χ3n) is 4.65. The molecule has 37 heavy (non-hydrogen) atoms. The van der Waals surface area contributed by atoms with Crippen LogP contribution in [-0.2, 0) is 25.7 Å². The summed E-state index contributed by atoms with van der Waals surface area (Å²) in [6.45, 7) is 1.94. The highest BCUT2D eigenvalue weighted by molar-refractivity contribution is 7.92. The van der Waals surface area contributed by atoms with Gasteiger partial charge in [-0.3, -0.25) is 9.52 Å². The molecule has 0 atom stereocenters. The van der Waals surface area contributed by atoms with E-state index in [1.165, 1.54) is 37.6 Å². The predicted molar refractivity (Wildman–Crippen MR) is 132 cm³/mol. The second-order valence-electron chi connectivity index (χ2n) is 7.58. The fourth-order valence-corrected chi connectivity index (χ4v) is 4.26. The summed E-state index contributed by atoms with van der Waals surface area (Å²) >= 11 is 5.60. The molecular formula is C24H21ClF3N3O5S. The number of sulfonamides is 1. The van der Waals surface area contributed by atoms with E-state index in [0.717, 1.165) is 12.1 Å². The van der Waals surface area contributed by atoms with Gasteiger partial charge in [-0.25, -0.2) is 13.4 Å². The van der Waals surface area contributed by atoms with Crippen LogP contribution in [0, 0.1) is 6.92 Å². The molecule has 0 saturated carbocycles. The van der Waals surface area contributed by atoms with Gasteiger partial charge in [-0.1, -0.05) is 17.7 Å². The van der Waals surface area contributed by atoms with E-state index < -0.39 is 31.7 Å². The van der Waals surface area contributed by atoms with Gasteiger partial charge < -0.3 is 14.8 Å². The van der Waals surface area contributed by atoms with Crippen LogP contribution in [0.2, 0.25) is 5.02 Å². The largest absolute Gasteiger partial charge is 0.437 e. The molecule has 3 aromatic rings. The monoisotopic (exact) mass is 555 g/mol. The number of carbonyl (C=O) groups excluding carboxylic acids is 1. The summed E-state index contributed by atoms with van der Waals surface area (Å²) in [5.41, 5.74) is -0.335. The second kappa shape index (κ2) is 11.6. The van der Waals surface area contributed by atoms with Crippen LogP contribution in [0.25, 0.3) is 0 Å². The summed E-state index contributed by atoms with van der Waals surface area (Å²) < 4.78 is 78.2. The highest BCUT2D eigenvalue weighted by atomic mass is 35.5. The molecule has 196 valence electrons. The van der Waals surface area contributed by atoms with Gasteiger partial charge in [0.15, 0.2) is 0 Å². The Bertz CT molecular complexity index is 1410. The number of amides is 1. The molecule has 1 amide bonds. The number of carbonyl (C=O) groups is 1. The van der Waals surface area contributed by atoms with Crippen LogP contribution in [-0.4, -0.2) is 33.0 Å². The van der Waals surface area contributed by atoms with Crippen LogP contribution in [0.5, 0.6) is 11.6 Å². The van der Waals surface area contributed by atoms with Gasteiger partial charge in [0.1, 0.15) is 11.4 Å². The van der Waals surface area contributed by atoms with Crippen molar-refractivity contribution in [1.29, 1.82) is 0 Å². The van der Waals surface area contributed by atoms with E-state index in [2.05, 4.69) is 15.0 Å². The van der Waals surface area contributed by atoms with Crippen molar-refractivity contribution in [2.75, 3.05) is 23.8 Å². The van der Waals surface area contributed by atoms with Gasteiger partial charge in [-0.15, -0.1) is 0 Å². The Morgan fingerprint density at radius 2 is 1.84 bits per heavy atom.